The van der Waals surface area contributed by atoms with Crippen LogP contribution in [-0.4, -0.2) is 22.4 Å². The Labute approximate surface area is 183 Å². The minimum absolute atomic E-state index is 0.0605. The second-order valence-corrected chi connectivity index (χ2v) is 7.96. The standard InChI is InChI=1S/C27H27FN2O/c1-20-27(25-9-5-6-10-26(25)31)23(14-11-22-12-15-24(28)16-13-22)19-30(29-20)18-17-21-7-3-2-4-8-21/h2-10,12-13,15-16,19,27,31H,11,14,17-18H2,1H3. The van der Waals surface area contributed by atoms with Gasteiger partial charge in [-0.25, -0.2) is 4.39 Å². The van der Waals surface area contributed by atoms with Gasteiger partial charge in [0.15, 0.2) is 0 Å². The maximum Gasteiger partial charge on any atom is 0.123 e. The smallest absolute Gasteiger partial charge is 0.123 e. The zero-order valence-electron chi connectivity index (χ0n) is 17.7. The van der Waals surface area contributed by atoms with Crippen molar-refractivity contribution in [3.63, 3.8) is 0 Å². The summed E-state index contributed by atoms with van der Waals surface area (Å²) in [5, 5.41) is 17.3. The van der Waals surface area contributed by atoms with Gasteiger partial charge in [-0.05, 0) is 61.1 Å². The van der Waals surface area contributed by atoms with E-state index in [1.54, 1.807) is 6.07 Å². The first-order chi connectivity index (χ1) is 15.1. The average molecular weight is 415 g/mol. The summed E-state index contributed by atoms with van der Waals surface area (Å²) < 4.78 is 13.3. The zero-order chi connectivity index (χ0) is 21.6. The highest BCUT2D eigenvalue weighted by Gasteiger charge is 2.27. The first-order valence-corrected chi connectivity index (χ1v) is 10.7. The van der Waals surface area contributed by atoms with Gasteiger partial charge < -0.3 is 5.11 Å². The van der Waals surface area contributed by atoms with Crippen molar-refractivity contribution < 1.29 is 9.50 Å². The van der Waals surface area contributed by atoms with Crippen LogP contribution in [0.2, 0.25) is 0 Å². The fraction of sp³-hybridized carbons (Fsp3) is 0.222. The number of phenolic OH excluding ortho intramolecular Hbond substituents is 1. The molecule has 3 aromatic carbocycles. The Bertz CT molecular complexity index is 1070. The van der Waals surface area contributed by atoms with E-state index in [-0.39, 0.29) is 17.5 Å². The van der Waals surface area contributed by atoms with Crippen LogP contribution in [0.1, 0.15) is 36.0 Å². The molecule has 0 saturated heterocycles. The van der Waals surface area contributed by atoms with Gasteiger partial charge in [-0.15, -0.1) is 0 Å². The Balaban J connectivity index is 1.57. The molecule has 1 N–H and O–H groups in total. The molecule has 0 amide bonds. The van der Waals surface area contributed by atoms with Gasteiger partial charge in [-0.2, -0.15) is 5.10 Å². The molecule has 1 heterocycles. The van der Waals surface area contributed by atoms with Gasteiger partial charge in [0, 0.05) is 24.0 Å². The SMILES string of the molecule is CC1=NN(CCc2ccccc2)C=C(CCc2ccc(F)cc2)C1c1ccccc1O. The number of para-hydroxylation sites is 1. The first kappa shape index (κ1) is 20.9. The first-order valence-electron chi connectivity index (χ1n) is 10.7. The Hall–Kier alpha value is -3.40. The minimum atomic E-state index is -0.220. The Morgan fingerprint density at radius 1 is 0.839 bits per heavy atom. The average Bonchev–Trinajstić information content (AvgIpc) is 2.79. The number of hydrazone groups is 1. The van der Waals surface area contributed by atoms with Crippen LogP contribution in [0.25, 0.3) is 0 Å². The van der Waals surface area contributed by atoms with Crippen molar-refractivity contribution in [3.05, 3.63) is 113 Å². The minimum Gasteiger partial charge on any atom is -0.508 e. The highest BCUT2D eigenvalue weighted by atomic mass is 19.1. The molecule has 3 nitrogen and oxygen atoms in total. The molecule has 4 heteroatoms. The number of phenols is 1. The van der Waals surface area contributed by atoms with E-state index >= 15 is 0 Å². The number of hydrogen-bond acceptors (Lipinski definition) is 3. The molecule has 0 fully saturated rings. The molecule has 0 saturated carbocycles. The van der Waals surface area contributed by atoms with E-state index in [2.05, 4.69) is 30.5 Å². The van der Waals surface area contributed by atoms with Crippen molar-refractivity contribution >= 4 is 5.71 Å². The van der Waals surface area contributed by atoms with Crippen LogP contribution in [0.5, 0.6) is 5.75 Å². The summed E-state index contributed by atoms with van der Waals surface area (Å²) >= 11 is 0. The lowest BCUT2D eigenvalue weighted by atomic mass is 9.83. The highest BCUT2D eigenvalue weighted by molar-refractivity contribution is 5.92. The molecule has 1 unspecified atom stereocenters. The second-order valence-electron chi connectivity index (χ2n) is 7.96. The van der Waals surface area contributed by atoms with Crippen LogP contribution in [0.15, 0.2) is 95.7 Å². The number of hydrogen-bond donors (Lipinski definition) is 1. The summed E-state index contributed by atoms with van der Waals surface area (Å²) in [5.74, 6) is 0.00451. The normalized spacial score (nSPS) is 16.1. The Kier molecular flexibility index (Phi) is 6.46. The van der Waals surface area contributed by atoms with Crippen LogP contribution in [0, 0.1) is 5.82 Å². The van der Waals surface area contributed by atoms with E-state index in [4.69, 9.17) is 5.10 Å². The van der Waals surface area contributed by atoms with E-state index in [9.17, 15) is 9.50 Å². The topological polar surface area (TPSA) is 35.8 Å². The zero-order valence-corrected chi connectivity index (χ0v) is 17.7. The van der Waals surface area contributed by atoms with Crippen molar-refractivity contribution in [2.24, 2.45) is 5.10 Å². The number of aromatic hydroxyl groups is 1. The molecule has 1 atom stereocenters. The van der Waals surface area contributed by atoms with Gasteiger partial charge >= 0.3 is 0 Å². The summed E-state index contributed by atoms with van der Waals surface area (Å²) in [4.78, 5) is 0. The van der Waals surface area contributed by atoms with Crippen LogP contribution in [-0.2, 0) is 12.8 Å². The highest BCUT2D eigenvalue weighted by Crippen LogP contribution is 2.37. The van der Waals surface area contributed by atoms with E-state index in [1.807, 2.05) is 48.3 Å². The molecule has 4 rings (SSSR count). The summed E-state index contributed by atoms with van der Waals surface area (Å²) in [6, 6.07) is 24.5. The van der Waals surface area contributed by atoms with Crippen molar-refractivity contribution in [2.75, 3.05) is 6.54 Å². The summed E-state index contributed by atoms with van der Waals surface area (Å²) in [6.45, 7) is 2.81. The molecular weight excluding hydrogens is 387 g/mol. The van der Waals surface area contributed by atoms with E-state index in [0.717, 1.165) is 42.6 Å². The number of allylic oxidation sites excluding steroid dienone is 1. The number of aryl methyl sites for hydroxylation is 1. The van der Waals surface area contributed by atoms with Gasteiger partial charge in [0.05, 0.1) is 5.92 Å². The molecule has 158 valence electrons. The largest absolute Gasteiger partial charge is 0.508 e. The molecular formula is C27H27FN2O. The summed E-state index contributed by atoms with van der Waals surface area (Å²) in [7, 11) is 0. The molecule has 0 spiro atoms. The molecule has 1 aliphatic rings. The second kappa shape index (κ2) is 9.61. The third kappa shape index (κ3) is 5.21. The Morgan fingerprint density at radius 2 is 1.52 bits per heavy atom. The van der Waals surface area contributed by atoms with Crippen LogP contribution >= 0.6 is 0 Å². The summed E-state index contributed by atoms with van der Waals surface area (Å²) in [6.07, 6.45) is 4.63. The molecule has 3 aromatic rings. The van der Waals surface area contributed by atoms with E-state index < -0.39 is 0 Å². The lowest BCUT2D eigenvalue weighted by Crippen LogP contribution is -2.26. The summed E-state index contributed by atoms with van der Waals surface area (Å²) in [5.41, 5.74) is 5.41. The predicted octanol–water partition coefficient (Wildman–Crippen LogP) is 6.07. The number of halogens is 1. The van der Waals surface area contributed by atoms with Gasteiger partial charge in [0.25, 0.3) is 0 Å². The monoisotopic (exact) mass is 414 g/mol. The van der Waals surface area contributed by atoms with Crippen LogP contribution in [0.3, 0.4) is 0 Å². The van der Waals surface area contributed by atoms with Gasteiger partial charge in [-0.1, -0.05) is 60.7 Å². The maximum atomic E-state index is 13.3. The fourth-order valence-electron chi connectivity index (χ4n) is 4.13. The molecule has 1 aliphatic heterocycles. The third-order valence-electron chi connectivity index (χ3n) is 5.73. The molecule has 0 aromatic heterocycles. The molecule has 0 radical (unpaired) electrons. The molecule has 0 aliphatic carbocycles. The van der Waals surface area contributed by atoms with Crippen molar-refractivity contribution in [1.82, 2.24) is 5.01 Å². The Morgan fingerprint density at radius 3 is 2.26 bits per heavy atom. The lowest BCUT2D eigenvalue weighted by molar-refractivity contribution is 0.386. The van der Waals surface area contributed by atoms with Crippen molar-refractivity contribution in [2.45, 2.75) is 32.1 Å². The van der Waals surface area contributed by atoms with Crippen molar-refractivity contribution in [1.29, 1.82) is 0 Å². The predicted molar refractivity (Wildman–Crippen MR) is 124 cm³/mol. The van der Waals surface area contributed by atoms with E-state index in [0.29, 0.717) is 0 Å². The third-order valence-corrected chi connectivity index (χ3v) is 5.73. The molecule has 0 bridgehead atoms. The number of nitrogens with zero attached hydrogens (tertiary/aromatic N) is 2. The fourth-order valence-corrected chi connectivity index (χ4v) is 4.13. The molecule has 31 heavy (non-hydrogen) atoms. The maximum absolute atomic E-state index is 13.3. The van der Waals surface area contributed by atoms with Gasteiger partial charge in [0.1, 0.15) is 11.6 Å². The van der Waals surface area contributed by atoms with Crippen LogP contribution in [0.4, 0.5) is 4.39 Å². The van der Waals surface area contributed by atoms with Crippen molar-refractivity contribution in [3.8, 4) is 5.75 Å². The van der Waals surface area contributed by atoms with Gasteiger partial charge in [0.2, 0.25) is 0 Å². The quantitative estimate of drug-likeness (QED) is 0.510. The lowest BCUT2D eigenvalue weighted by Gasteiger charge is -2.30. The number of benzene rings is 3. The van der Waals surface area contributed by atoms with Gasteiger partial charge in [-0.3, -0.25) is 5.01 Å². The van der Waals surface area contributed by atoms with Crippen LogP contribution < -0.4 is 0 Å². The number of rotatable bonds is 7. The van der Waals surface area contributed by atoms with E-state index in [1.165, 1.54) is 23.3 Å².